The van der Waals surface area contributed by atoms with E-state index >= 15 is 0 Å². The number of aryl methyl sites for hydroxylation is 1. The van der Waals surface area contributed by atoms with Gasteiger partial charge in [-0.1, -0.05) is 56.7 Å². The van der Waals surface area contributed by atoms with E-state index in [0.29, 0.717) is 0 Å². The molecule has 0 saturated carbocycles. The molecule has 2 heterocycles. The summed E-state index contributed by atoms with van der Waals surface area (Å²) in [6.45, 7) is 6.52. The molecule has 51 heavy (non-hydrogen) atoms. The van der Waals surface area contributed by atoms with Gasteiger partial charge in [-0.15, -0.1) is 0 Å². The van der Waals surface area contributed by atoms with E-state index in [1.165, 1.54) is 29.8 Å². The zero-order valence-electron chi connectivity index (χ0n) is 30.1. The van der Waals surface area contributed by atoms with E-state index in [4.69, 9.17) is 4.74 Å². The Kier molecular flexibility index (Phi) is 11.5. The van der Waals surface area contributed by atoms with E-state index in [-0.39, 0.29) is 5.41 Å². The highest BCUT2D eigenvalue weighted by molar-refractivity contribution is 5.79. The number of unbranched alkanes of at least 4 members (excludes halogenated alkanes) is 3. The molecule has 0 aliphatic carbocycles. The molecule has 1 aliphatic heterocycles. The number of hydrazone groups is 1. The standard InChI is InChI=1S/C43H48N7O/c1-43(2)40-16-10-11-17-41(40)50(42(43)33-44-47-37-20-18-35(19-21-37)46-36-22-24-39(51-4)25-23-36)29-13-6-5-12-28-49-30-26-34(27-31-49)32-45-48(3)38-14-8-7-9-15-38/h7-11,14-27,30-33,46H,5-6,12-13,28-29H2,1-4H3/q+1. The molecule has 0 fully saturated rings. The first-order valence-electron chi connectivity index (χ1n) is 17.7. The highest BCUT2D eigenvalue weighted by Gasteiger charge is 2.39. The zero-order chi connectivity index (χ0) is 35.5. The fourth-order valence-electron chi connectivity index (χ4n) is 6.40. The lowest BCUT2D eigenvalue weighted by molar-refractivity contribution is -0.697. The van der Waals surface area contributed by atoms with Crippen LogP contribution in [0.4, 0.5) is 28.4 Å². The maximum Gasteiger partial charge on any atom is 0.169 e. The zero-order valence-corrected chi connectivity index (χ0v) is 30.1. The van der Waals surface area contributed by atoms with Crippen molar-refractivity contribution in [3.8, 4) is 5.75 Å². The molecule has 0 radical (unpaired) electrons. The molecule has 6 rings (SSSR count). The van der Waals surface area contributed by atoms with Crippen LogP contribution in [0.15, 0.2) is 155 Å². The van der Waals surface area contributed by atoms with Crippen LogP contribution in [0.3, 0.4) is 0 Å². The number of para-hydroxylation sites is 2. The first kappa shape index (κ1) is 35.1. The number of azo groups is 1. The number of allylic oxidation sites excluding steroid dienone is 1. The molecule has 1 aromatic heterocycles. The van der Waals surface area contributed by atoms with Crippen molar-refractivity contribution >= 4 is 34.7 Å². The number of ether oxygens (including phenoxy) is 1. The Morgan fingerprint density at radius 2 is 1.45 bits per heavy atom. The molecule has 5 aromatic rings. The SMILES string of the molecule is COc1ccc(Nc2ccc(N=NC=C3N(CCCCCC[n+]4ccc(C=NN(C)c5ccccc5)cc4)c4ccccc4C3(C)C)cc2)cc1. The summed E-state index contributed by atoms with van der Waals surface area (Å²) >= 11 is 0. The van der Waals surface area contributed by atoms with Crippen molar-refractivity contribution < 1.29 is 9.30 Å². The lowest BCUT2D eigenvalue weighted by atomic mass is 9.84. The number of nitrogens with zero attached hydrogens (tertiary/aromatic N) is 6. The number of hydrogen-bond acceptors (Lipinski definition) is 7. The summed E-state index contributed by atoms with van der Waals surface area (Å²) in [7, 11) is 3.63. The van der Waals surface area contributed by atoms with Gasteiger partial charge in [0.2, 0.25) is 0 Å². The second-order valence-corrected chi connectivity index (χ2v) is 13.3. The summed E-state index contributed by atoms with van der Waals surface area (Å²) in [6.07, 6.45) is 12.7. The van der Waals surface area contributed by atoms with Crippen LogP contribution in [-0.4, -0.2) is 26.9 Å². The third-order valence-corrected chi connectivity index (χ3v) is 9.37. The molecule has 1 N–H and O–H groups in total. The second-order valence-electron chi connectivity index (χ2n) is 13.3. The van der Waals surface area contributed by atoms with E-state index < -0.39 is 0 Å². The number of aromatic nitrogens is 1. The van der Waals surface area contributed by atoms with Gasteiger partial charge in [-0.2, -0.15) is 15.3 Å². The van der Waals surface area contributed by atoms with Crippen molar-refractivity contribution in [3.63, 3.8) is 0 Å². The molecule has 1 aliphatic rings. The summed E-state index contributed by atoms with van der Waals surface area (Å²) in [4.78, 5) is 2.44. The normalized spacial score (nSPS) is 14.4. The van der Waals surface area contributed by atoms with Gasteiger partial charge in [-0.05, 0) is 85.1 Å². The Labute approximate surface area is 302 Å². The van der Waals surface area contributed by atoms with Crippen molar-refractivity contribution in [1.82, 2.24) is 0 Å². The fourth-order valence-corrected chi connectivity index (χ4v) is 6.40. The number of anilines is 4. The summed E-state index contributed by atoms with van der Waals surface area (Å²) in [5.74, 6) is 0.834. The molecule has 8 nitrogen and oxygen atoms in total. The van der Waals surface area contributed by atoms with Gasteiger partial charge >= 0.3 is 0 Å². The van der Waals surface area contributed by atoms with Gasteiger partial charge < -0.3 is 15.0 Å². The lowest BCUT2D eigenvalue weighted by Gasteiger charge is -2.26. The Bertz CT molecular complexity index is 1930. The first-order valence-corrected chi connectivity index (χ1v) is 17.7. The molecular weight excluding hydrogens is 631 g/mol. The fraction of sp³-hybridized carbons (Fsp3) is 0.256. The maximum atomic E-state index is 5.25. The van der Waals surface area contributed by atoms with Crippen LogP contribution >= 0.6 is 0 Å². The molecule has 0 saturated heterocycles. The molecule has 260 valence electrons. The van der Waals surface area contributed by atoms with Gasteiger partial charge in [0.25, 0.3) is 0 Å². The molecular formula is C43H48N7O+. The lowest BCUT2D eigenvalue weighted by Crippen LogP contribution is -2.32. The highest BCUT2D eigenvalue weighted by atomic mass is 16.5. The third-order valence-electron chi connectivity index (χ3n) is 9.37. The number of methoxy groups -OCH3 is 1. The number of rotatable bonds is 15. The molecule has 0 spiro atoms. The predicted octanol–water partition coefficient (Wildman–Crippen LogP) is 10.2. The van der Waals surface area contributed by atoms with Gasteiger partial charge in [0, 0.05) is 65.9 Å². The van der Waals surface area contributed by atoms with Crippen molar-refractivity contribution in [2.75, 3.05) is 35.9 Å². The van der Waals surface area contributed by atoms with Crippen LogP contribution < -0.4 is 24.5 Å². The quantitative estimate of drug-likeness (QED) is 0.0393. The van der Waals surface area contributed by atoms with Crippen LogP contribution in [0.1, 0.15) is 50.7 Å². The number of benzene rings is 4. The monoisotopic (exact) mass is 678 g/mol. The summed E-state index contributed by atoms with van der Waals surface area (Å²) in [5, 5.41) is 19.0. The highest BCUT2D eigenvalue weighted by Crippen LogP contribution is 2.47. The molecule has 0 amide bonds. The Balaban J connectivity index is 0.998. The minimum absolute atomic E-state index is 0.160. The van der Waals surface area contributed by atoms with Crippen molar-refractivity contribution in [2.24, 2.45) is 15.3 Å². The van der Waals surface area contributed by atoms with E-state index in [1.54, 1.807) is 7.11 Å². The third kappa shape index (κ3) is 9.08. The Morgan fingerprint density at radius 3 is 2.18 bits per heavy atom. The molecule has 8 heteroatoms. The van der Waals surface area contributed by atoms with E-state index in [0.717, 1.165) is 60.0 Å². The molecule has 4 aromatic carbocycles. The van der Waals surface area contributed by atoms with Gasteiger partial charge in [0.15, 0.2) is 12.4 Å². The first-order chi connectivity index (χ1) is 24.9. The molecule has 0 unspecified atom stereocenters. The van der Waals surface area contributed by atoms with Gasteiger partial charge in [0.05, 0.1) is 30.9 Å². The minimum Gasteiger partial charge on any atom is -0.497 e. The predicted molar refractivity (Wildman–Crippen MR) is 210 cm³/mol. The van der Waals surface area contributed by atoms with Crippen LogP contribution in [0.25, 0.3) is 0 Å². The summed E-state index contributed by atoms with van der Waals surface area (Å²) in [6, 6.07) is 39.0. The summed E-state index contributed by atoms with van der Waals surface area (Å²) < 4.78 is 7.51. The smallest absolute Gasteiger partial charge is 0.169 e. The van der Waals surface area contributed by atoms with Crippen molar-refractivity contribution in [1.29, 1.82) is 0 Å². The van der Waals surface area contributed by atoms with Gasteiger partial charge in [0.1, 0.15) is 12.3 Å². The number of nitrogens with one attached hydrogen (secondary N) is 1. The van der Waals surface area contributed by atoms with Gasteiger partial charge in [-0.3, -0.25) is 5.01 Å². The molecule has 0 atom stereocenters. The van der Waals surface area contributed by atoms with E-state index in [2.05, 4.69) is 105 Å². The largest absolute Gasteiger partial charge is 0.497 e. The average Bonchev–Trinajstić information content (AvgIpc) is 3.38. The second kappa shape index (κ2) is 16.8. The maximum absolute atomic E-state index is 5.25. The Morgan fingerprint density at radius 1 is 0.784 bits per heavy atom. The number of hydrogen-bond donors (Lipinski definition) is 1. The number of pyridine rings is 1. The van der Waals surface area contributed by atoms with Crippen LogP contribution in [-0.2, 0) is 12.0 Å². The van der Waals surface area contributed by atoms with E-state index in [1.807, 2.05) is 91.2 Å². The Hall–Kier alpha value is -5.76. The number of fused-ring (bicyclic) bond motifs is 1. The van der Waals surface area contributed by atoms with Crippen molar-refractivity contribution in [2.45, 2.75) is 51.5 Å². The van der Waals surface area contributed by atoms with Crippen molar-refractivity contribution in [3.05, 3.63) is 151 Å². The van der Waals surface area contributed by atoms with Gasteiger partial charge in [-0.25, -0.2) is 4.57 Å². The van der Waals surface area contributed by atoms with Crippen LogP contribution in [0.5, 0.6) is 5.75 Å². The summed E-state index contributed by atoms with van der Waals surface area (Å²) in [5.41, 5.74) is 8.56. The average molecular weight is 679 g/mol. The minimum atomic E-state index is -0.160. The molecule has 0 bridgehead atoms. The van der Waals surface area contributed by atoms with Crippen LogP contribution in [0, 0.1) is 0 Å². The topological polar surface area (TPSA) is 68.7 Å². The van der Waals surface area contributed by atoms with Crippen LogP contribution in [0.2, 0.25) is 0 Å². The van der Waals surface area contributed by atoms with E-state index in [9.17, 15) is 0 Å².